The molecule has 2 unspecified atom stereocenters. The summed E-state index contributed by atoms with van der Waals surface area (Å²) in [6, 6.07) is 0.479. The molecule has 3 rings (SSSR count). The van der Waals surface area contributed by atoms with E-state index < -0.39 is 0 Å². The van der Waals surface area contributed by atoms with Gasteiger partial charge in [-0.25, -0.2) is 0 Å². The zero-order chi connectivity index (χ0) is 13.8. The number of hydrogen-bond donors (Lipinski definition) is 1. The summed E-state index contributed by atoms with van der Waals surface area (Å²) in [4.78, 5) is 6.97. The van der Waals surface area contributed by atoms with Crippen LogP contribution in [0, 0.1) is 0 Å². The van der Waals surface area contributed by atoms with E-state index in [-0.39, 0.29) is 0 Å². The maximum atomic E-state index is 5.60. The third-order valence-electron chi connectivity index (χ3n) is 4.77. The van der Waals surface area contributed by atoms with Crippen molar-refractivity contribution in [3.63, 3.8) is 0 Å². The van der Waals surface area contributed by atoms with Crippen LogP contribution in [0.15, 0.2) is 4.52 Å². The smallest absolute Gasteiger partial charge is 0.266 e. The Morgan fingerprint density at radius 3 is 2.60 bits per heavy atom. The van der Waals surface area contributed by atoms with Crippen molar-refractivity contribution in [2.75, 3.05) is 25.0 Å². The molecular weight excluding hydrogens is 252 g/mol. The first-order chi connectivity index (χ1) is 9.88. The third-order valence-corrected chi connectivity index (χ3v) is 4.77. The highest BCUT2D eigenvalue weighted by Crippen LogP contribution is 2.32. The maximum Gasteiger partial charge on any atom is 0.266 e. The number of nitrogens with zero attached hydrogens (tertiary/aromatic N) is 3. The highest BCUT2D eigenvalue weighted by molar-refractivity contribution is 5.28. The van der Waals surface area contributed by atoms with Gasteiger partial charge in [0.1, 0.15) is 0 Å². The average Bonchev–Trinajstić information content (AvgIpc) is 2.87. The lowest BCUT2D eigenvalue weighted by Crippen LogP contribution is -2.32. The average molecular weight is 278 g/mol. The Morgan fingerprint density at radius 1 is 1.05 bits per heavy atom. The lowest BCUT2D eigenvalue weighted by atomic mass is 9.95. The number of nitrogens with one attached hydrogen (secondary N) is 1. The summed E-state index contributed by atoms with van der Waals surface area (Å²) in [5, 5.41) is 7.67. The molecule has 0 amide bonds. The van der Waals surface area contributed by atoms with Gasteiger partial charge < -0.3 is 14.7 Å². The highest BCUT2D eigenvalue weighted by Gasteiger charge is 2.29. The fourth-order valence-corrected chi connectivity index (χ4v) is 3.55. The fourth-order valence-electron chi connectivity index (χ4n) is 3.55. The molecule has 0 radical (unpaired) electrons. The molecule has 2 fully saturated rings. The molecule has 2 heterocycles. The molecule has 1 saturated carbocycles. The van der Waals surface area contributed by atoms with E-state index >= 15 is 0 Å². The minimum absolute atomic E-state index is 0.383. The molecule has 0 aromatic carbocycles. The summed E-state index contributed by atoms with van der Waals surface area (Å²) in [5.41, 5.74) is 0. The minimum atomic E-state index is 0.383. The molecule has 1 N–H and O–H groups in total. The van der Waals surface area contributed by atoms with Crippen LogP contribution in [0.2, 0.25) is 0 Å². The first kappa shape index (κ1) is 13.9. The van der Waals surface area contributed by atoms with Crippen molar-refractivity contribution in [1.82, 2.24) is 15.5 Å². The van der Waals surface area contributed by atoms with Gasteiger partial charge in [-0.1, -0.05) is 19.3 Å². The standard InChI is InChI=1S/C15H26N4O/c1-16-13-9-5-2-4-8-12(13)14-17-15(18-20-14)19-10-6-3-7-11-19/h12-13,16H,2-11H2,1H3. The molecule has 2 aliphatic rings. The predicted molar refractivity (Wildman–Crippen MR) is 79.0 cm³/mol. The third kappa shape index (κ3) is 2.97. The van der Waals surface area contributed by atoms with Gasteiger partial charge in [-0.2, -0.15) is 4.98 Å². The lowest BCUT2D eigenvalue weighted by molar-refractivity contribution is 0.310. The Hall–Kier alpha value is -1.10. The van der Waals surface area contributed by atoms with E-state index in [9.17, 15) is 0 Å². The zero-order valence-electron chi connectivity index (χ0n) is 12.5. The second kappa shape index (κ2) is 6.57. The second-order valence-electron chi connectivity index (χ2n) is 6.12. The van der Waals surface area contributed by atoms with Gasteiger partial charge in [0.2, 0.25) is 5.89 Å². The normalized spacial score (nSPS) is 28.4. The van der Waals surface area contributed by atoms with Crippen molar-refractivity contribution in [3.05, 3.63) is 5.89 Å². The van der Waals surface area contributed by atoms with Crippen molar-refractivity contribution < 1.29 is 4.52 Å². The van der Waals surface area contributed by atoms with E-state index in [1.807, 2.05) is 7.05 Å². The Balaban J connectivity index is 1.73. The van der Waals surface area contributed by atoms with Crippen LogP contribution in [0.1, 0.15) is 63.2 Å². The molecule has 5 nitrogen and oxygen atoms in total. The van der Waals surface area contributed by atoms with E-state index in [1.165, 1.54) is 44.9 Å². The van der Waals surface area contributed by atoms with E-state index in [1.54, 1.807) is 0 Å². The van der Waals surface area contributed by atoms with Gasteiger partial charge in [-0.15, -0.1) is 0 Å². The van der Waals surface area contributed by atoms with Crippen LogP contribution in [0.4, 0.5) is 5.95 Å². The van der Waals surface area contributed by atoms with Gasteiger partial charge in [0, 0.05) is 19.1 Å². The molecule has 1 aliphatic carbocycles. The minimum Gasteiger partial charge on any atom is -0.338 e. The Labute approximate surface area is 121 Å². The van der Waals surface area contributed by atoms with E-state index in [2.05, 4.69) is 15.4 Å². The van der Waals surface area contributed by atoms with E-state index in [4.69, 9.17) is 9.51 Å². The molecule has 112 valence electrons. The van der Waals surface area contributed by atoms with Crippen molar-refractivity contribution in [3.8, 4) is 0 Å². The first-order valence-electron chi connectivity index (χ1n) is 8.14. The molecule has 0 bridgehead atoms. The van der Waals surface area contributed by atoms with Crippen LogP contribution < -0.4 is 10.2 Å². The number of rotatable bonds is 3. The molecule has 1 saturated heterocycles. The van der Waals surface area contributed by atoms with Crippen LogP contribution in [0.5, 0.6) is 0 Å². The van der Waals surface area contributed by atoms with Crippen molar-refractivity contribution in [2.24, 2.45) is 0 Å². The van der Waals surface area contributed by atoms with Crippen LogP contribution in [0.3, 0.4) is 0 Å². The lowest BCUT2D eigenvalue weighted by Gasteiger charge is -2.24. The van der Waals surface area contributed by atoms with Crippen molar-refractivity contribution in [2.45, 2.75) is 63.3 Å². The number of hydrogen-bond acceptors (Lipinski definition) is 5. The van der Waals surface area contributed by atoms with Gasteiger partial charge in [-0.3, -0.25) is 0 Å². The molecule has 1 aromatic rings. The summed E-state index contributed by atoms with van der Waals surface area (Å²) >= 11 is 0. The Bertz CT molecular complexity index is 414. The SMILES string of the molecule is CNC1CCCCCC1c1nc(N2CCCCC2)no1. The van der Waals surface area contributed by atoms with Gasteiger partial charge in [0.25, 0.3) is 5.95 Å². The van der Waals surface area contributed by atoms with E-state index in [0.717, 1.165) is 31.3 Å². The van der Waals surface area contributed by atoms with Crippen molar-refractivity contribution >= 4 is 5.95 Å². The quantitative estimate of drug-likeness (QED) is 0.862. The number of anilines is 1. The Kier molecular flexibility index (Phi) is 4.55. The van der Waals surface area contributed by atoms with Crippen LogP contribution in [-0.4, -0.2) is 36.3 Å². The fraction of sp³-hybridized carbons (Fsp3) is 0.867. The van der Waals surface area contributed by atoms with Gasteiger partial charge in [0.05, 0.1) is 5.92 Å². The van der Waals surface area contributed by atoms with E-state index in [0.29, 0.717) is 12.0 Å². The van der Waals surface area contributed by atoms with Gasteiger partial charge in [-0.05, 0) is 44.3 Å². The number of aromatic nitrogens is 2. The molecular formula is C15H26N4O. The monoisotopic (exact) mass is 278 g/mol. The van der Waals surface area contributed by atoms with Crippen molar-refractivity contribution in [1.29, 1.82) is 0 Å². The van der Waals surface area contributed by atoms with Crippen LogP contribution in [0.25, 0.3) is 0 Å². The first-order valence-corrected chi connectivity index (χ1v) is 8.14. The van der Waals surface area contributed by atoms with Gasteiger partial charge >= 0.3 is 0 Å². The molecule has 1 aromatic heterocycles. The summed E-state index contributed by atoms with van der Waals surface area (Å²) in [7, 11) is 2.05. The Morgan fingerprint density at radius 2 is 1.80 bits per heavy atom. The summed E-state index contributed by atoms with van der Waals surface area (Å²) < 4.78 is 5.60. The number of likely N-dealkylation sites (N-methyl/N-ethyl adjacent to an activating group) is 1. The summed E-state index contributed by atoms with van der Waals surface area (Å²) in [5.74, 6) is 2.03. The maximum absolute atomic E-state index is 5.60. The molecule has 1 aliphatic heterocycles. The second-order valence-corrected chi connectivity index (χ2v) is 6.12. The molecule has 5 heteroatoms. The largest absolute Gasteiger partial charge is 0.338 e. The molecule has 20 heavy (non-hydrogen) atoms. The molecule has 2 atom stereocenters. The highest BCUT2D eigenvalue weighted by atomic mass is 16.5. The zero-order valence-corrected chi connectivity index (χ0v) is 12.5. The van der Waals surface area contributed by atoms with Crippen LogP contribution >= 0.6 is 0 Å². The topological polar surface area (TPSA) is 54.2 Å². The molecule has 0 spiro atoms. The van der Waals surface area contributed by atoms with Gasteiger partial charge in [0.15, 0.2) is 0 Å². The van der Waals surface area contributed by atoms with Crippen LogP contribution in [-0.2, 0) is 0 Å². The predicted octanol–water partition coefficient (Wildman–Crippen LogP) is 2.70. The number of piperidine rings is 1. The summed E-state index contributed by atoms with van der Waals surface area (Å²) in [6.07, 6.45) is 10.1. The summed E-state index contributed by atoms with van der Waals surface area (Å²) in [6.45, 7) is 2.14.